The second-order valence-corrected chi connectivity index (χ2v) is 6.99. The molecule has 1 aromatic rings. The van der Waals surface area contributed by atoms with E-state index in [9.17, 15) is 14.0 Å². The Balaban J connectivity index is 1.56. The molecule has 0 saturated carbocycles. The van der Waals surface area contributed by atoms with Crippen LogP contribution in [-0.2, 0) is 9.59 Å². The number of carbonyl (C=O) groups excluding carboxylic acids is 2. The summed E-state index contributed by atoms with van der Waals surface area (Å²) in [5.41, 5.74) is 0.400. The summed E-state index contributed by atoms with van der Waals surface area (Å²) >= 11 is 7.01. The van der Waals surface area contributed by atoms with Gasteiger partial charge in [0.15, 0.2) is 5.17 Å². The van der Waals surface area contributed by atoms with E-state index in [1.54, 1.807) is 0 Å². The Morgan fingerprint density at radius 3 is 2.87 bits per heavy atom. The van der Waals surface area contributed by atoms with E-state index in [2.05, 4.69) is 15.2 Å². The third-order valence-corrected chi connectivity index (χ3v) is 5.18. The molecular weight excluding hydrogens is 341 g/mol. The molecule has 5 nitrogen and oxygen atoms in total. The zero-order chi connectivity index (χ0) is 16.4. The minimum atomic E-state index is -0.546. The van der Waals surface area contributed by atoms with Gasteiger partial charge in [0.05, 0.1) is 5.02 Å². The first-order valence-electron chi connectivity index (χ1n) is 7.32. The standard InChI is InChI=1S/C15H15ClFN3O2S/c16-10-7-9(3-4-11(10)17)18-13(21)8-12-14(22)19-15(23-12)20-5-1-2-6-20/h3-4,7,12H,1-2,5-6,8H2,(H,18,21). The molecule has 0 aliphatic carbocycles. The van der Waals surface area contributed by atoms with Gasteiger partial charge in [-0.2, -0.15) is 4.99 Å². The summed E-state index contributed by atoms with van der Waals surface area (Å²) in [6, 6.07) is 3.95. The van der Waals surface area contributed by atoms with Crippen molar-refractivity contribution in [2.24, 2.45) is 4.99 Å². The van der Waals surface area contributed by atoms with Crippen LogP contribution in [0.25, 0.3) is 0 Å². The molecule has 1 fully saturated rings. The van der Waals surface area contributed by atoms with Crippen molar-refractivity contribution in [3.8, 4) is 0 Å². The summed E-state index contributed by atoms with van der Waals surface area (Å²) in [6.45, 7) is 1.82. The molecule has 2 aliphatic heterocycles. The van der Waals surface area contributed by atoms with Gasteiger partial charge in [0.25, 0.3) is 5.91 Å². The molecule has 1 aromatic carbocycles. The molecule has 2 amide bonds. The maximum absolute atomic E-state index is 13.1. The summed E-state index contributed by atoms with van der Waals surface area (Å²) in [4.78, 5) is 30.1. The van der Waals surface area contributed by atoms with Crippen LogP contribution < -0.4 is 5.32 Å². The molecule has 1 N–H and O–H groups in total. The number of hydrogen-bond acceptors (Lipinski definition) is 4. The van der Waals surface area contributed by atoms with Gasteiger partial charge in [0, 0.05) is 25.2 Å². The Bertz CT molecular complexity index is 677. The van der Waals surface area contributed by atoms with Crippen molar-refractivity contribution in [1.82, 2.24) is 4.90 Å². The van der Waals surface area contributed by atoms with Crippen molar-refractivity contribution in [1.29, 1.82) is 0 Å². The normalized spacial score (nSPS) is 20.8. The van der Waals surface area contributed by atoms with Crippen molar-refractivity contribution in [3.05, 3.63) is 29.0 Å². The number of amides is 2. The van der Waals surface area contributed by atoms with Crippen LogP contribution in [0.3, 0.4) is 0 Å². The van der Waals surface area contributed by atoms with Gasteiger partial charge >= 0.3 is 0 Å². The van der Waals surface area contributed by atoms with Crippen LogP contribution in [-0.4, -0.2) is 40.2 Å². The Morgan fingerprint density at radius 1 is 1.43 bits per heavy atom. The van der Waals surface area contributed by atoms with Gasteiger partial charge in [-0.05, 0) is 31.0 Å². The van der Waals surface area contributed by atoms with Crippen LogP contribution in [0.1, 0.15) is 19.3 Å². The molecule has 23 heavy (non-hydrogen) atoms. The third-order valence-electron chi connectivity index (χ3n) is 3.68. The van der Waals surface area contributed by atoms with Crippen LogP contribution in [0.2, 0.25) is 5.02 Å². The molecule has 0 bridgehead atoms. The summed E-state index contributed by atoms with van der Waals surface area (Å²) < 4.78 is 13.1. The first-order chi connectivity index (χ1) is 11.0. The van der Waals surface area contributed by atoms with Gasteiger partial charge in [0.2, 0.25) is 5.91 Å². The number of aliphatic imine (C=N–C) groups is 1. The van der Waals surface area contributed by atoms with Crippen LogP contribution in [0, 0.1) is 5.82 Å². The summed E-state index contributed by atoms with van der Waals surface area (Å²) in [7, 11) is 0. The molecule has 1 saturated heterocycles. The zero-order valence-electron chi connectivity index (χ0n) is 12.2. The molecule has 2 heterocycles. The molecule has 122 valence electrons. The van der Waals surface area contributed by atoms with E-state index < -0.39 is 11.1 Å². The molecule has 0 aromatic heterocycles. The highest BCUT2D eigenvalue weighted by atomic mass is 35.5. The van der Waals surface area contributed by atoms with E-state index in [1.807, 2.05) is 0 Å². The van der Waals surface area contributed by atoms with Crippen molar-refractivity contribution in [2.75, 3.05) is 18.4 Å². The number of rotatable bonds is 3. The predicted octanol–water partition coefficient (Wildman–Crippen LogP) is 2.90. The Morgan fingerprint density at radius 2 is 2.17 bits per heavy atom. The minimum Gasteiger partial charge on any atom is -0.351 e. The van der Waals surface area contributed by atoms with Crippen LogP contribution in [0.15, 0.2) is 23.2 Å². The molecular formula is C15H15ClFN3O2S. The Kier molecular flexibility index (Phi) is 4.87. The molecule has 0 radical (unpaired) electrons. The summed E-state index contributed by atoms with van der Waals surface area (Å²) in [5.74, 6) is -1.14. The smallest absolute Gasteiger partial charge is 0.262 e. The van der Waals surface area contributed by atoms with E-state index in [0.29, 0.717) is 5.69 Å². The van der Waals surface area contributed by atoms with Gasteiger partial charge in [-0.15, -0.1) is 0 Å². The van der Waals surface area contributed by atoms with Gasteiger partial charge < -0.3 is 10.2 Å². The highest BCUT2D eigenvalue weighted by Gasteiger charge is 2.33. The molecule has 1 unspecified atom stereocenters. The molecule has 8 heteroatoms. The zero-order valence-corrected chi connectivity index (χ0v) is 13.8. The quantitative estimate of drug-likeness (QED) is 0.905. The maximum atomic E-state index is 13.1. The number of nitrogens with one attached hydrogen (secondary N) is 1. The molecule has 0 spiro atoms. The van der Waals surface area contributed by atoms with E-state index in [1.165, 1.54) is 30.0 Å². The highest BCUT2D eigenvalue weighted by Crippen LogP contribution is 2.29. The van der Waals surface area contributed by atoms with E-state index in [4.69, 9.17) is 11.6 Å². The monoisotopic (exact) mass is 355 g/mol. The average Bonchev–Trinajstić information content (AvgIpc) is 3.13. The number of anilines is 1. The fourth-order valence-corrected chi connectivity index (χ4v) is 3.80. The number of halogens is 2. The highest BCUT2D eigenvalue weighted by molar-refractivity contribution is 8.15. The number of amidine groups is 1. The molecule has 2 aliphatic rings. The van der Waals surface area contributed by atoms with Gasteiger partial charge in [-0.1, -0.05) is 23.4 Å². The van der Waals surface area contributed by atoms with E-state index >= 15 is 0 Å². The van der Waals surface area contributed by atoms with Crippen LogP contribution in [0.4, 0.5) is 10.1 Å². The van der Waals surface area contributed by atoms with E-state index in [0.717, 1.165) is 31.1 Å². The van der Waals surface area contributed by atoms with Crippen molar-refractivity contribution >= 4 is 46.0 Å². The third kappa shape index (κ3) is 3.84. The first kappa shape index (κ1) is 16.3. The number of nitrogens with zero attached hydrogens (tertiary/aromatic N) is 2. The van der Waals surface area contributed by atoms with Crippen LogP contribution in [0.5, 0.6) is 0 Å². The van der Waals surface area contributed by atoms with Crippen molar-refractivity contribution in [3.63, 3.8) is 0 Å². The SMILES string of the molecule is O=C(CC1SC(N2CCCC2)=NC1=O)Nc1ccc(F)c(Cl)c1. The van der Waals surface area contributed by atoms with Gasteiger partial charge in [-0.25, -0.2) is 4.39 Å². The number of benzene rings is 1. The predicted molar refractivity (Wildman–Crippen MR) is 89.3 cm³/mol. The maximum Gasteiger partial charge on any atom is 0.262 e. The Hall–Kier alpha value is -1.60. The second-order valence-electron chi connectivity index (χ2n) is 5.41. The topological polar surface area (TPSA) is 61.8 Å². The number of thioether (sulfide) groups is 1. The van der Waals surface area contributed by atoms with Crippen molar-refractivity contribution in [2.45, 2.75) is 24.5 Å². The van der Waals surface area contributed by atoms with Gasteiger partial charge in [-0.3, -0.25) is 9.59 Å². The second kappa shape index (κ2) is 6.88. The summed E-state index contributed by atoms with van der Waals surface area (Å²) in [6.07, 6.45) is 2.23. The van der Waals surface area contributed by atoms with Gasteiger partial charge in [0.1, 0.15) is 11.1 Å². The summed E-state index contributed by atoms with van der Waals surface area (Å²) in [5, 5.41) is 2.78. The van der Waals surface area contributed by atoms with E-state index in [-0.39, 0.29) is 23.3 Å². The number of likely N-dealkylation sites (tertiary alicyclic amines) is 1. The lowest BCUT2D eigenvalue weighted by atomic mass is 10.2. The number of hydrogen-bond donors (Lipinski definition) is 1. The lowest BCUT2D eigenvalue weighted by Gasteiger charge is -2.16. The fraction of sp³-hybridized carbons (Fsp3) is 0.400. The first-order valence-corrected chi connectivity index (χ1v) is 8.58. The Labute approximate surface area is 142 Å². The molecule has 3 rings (SSSR count). The lowest BCUT2D eigenvalue weighted by Crippen LogP contribution is -2.25. The minimum absolute atomic E-state index is 0.0271. The van der Waals surface area contributed by atoms with Crippen LogP contribution >= 0.6 is 23.4 Å². The fourth-order valence-electron chi connectivity index (χ4n) is 2.51. The van der Waals surface area contributed by atoms with Crippen molar-refractivity contribution < 1.29 is 14.0 Å². The average molecular weight is 356 g/mol. The largest absolute Gasteiger partial charge is 0.351 e. The lowest BCUT2D eigenvalue weighted by molar-refractivity contribution is -0.121. The number of carbonyl (C=O) groups is 2. The molecule has 1 atom stereocenters.